The molecule has 0 aliphatic rings. The lowest BCUT2D eigenvalue weighted by atomic mass is 10.2. The summed E-state index contributed by atoms with van der Waals surface area (Å²) in [5.41, 5.74) is 7.18. The number of amides is 2. The van der Waals surface area contributed by atoms with E-state index in [0.29, 0.717) is 21.3 Å². The number of rotatable bonds is 5. The lowest BCUT2D eigenvalue weighted by molar-refractivity contribution is 0.0914. The van der Waals surface area contributed by atoms with Crippen molar-refractivity contribution in [2.75, 3.05) is 6.61 Å². The highest BCUT2D eigenvalue weighted by Gasteiger charge is 2.18. The lowest BCUT2D eigenvalue weighted by Crippen LogP contribution is -2.42. The molecule has 0 saturated heterocycles. The highest BCUT2D eigenvalue weighted by atomic mass is 35.5. The van der Waals surface area contributed by atoms with Gasteiger partial charge in [0.2, 0.25) is 0 Å². The Morgan fingerprint density at radius 2 is 1.93 bits per heavy atom. The first-order chi connectivity index (χ1) is 13.5. The molecule has 0 spiro atoms. The van der Waals surface area contributed by atoms with Crippen LogP contribution in [0.25, 0.3) is 5.69 Å². The minimum Gasteiger partial charge on any atom is -0.448 e. The summed E-state index contributed by atoms with van der Waals surface area (Å²) < 4.78 is 6.92. The normalized spacial score (nSPS) is 10.5. The number of hydrazine groups is 1. The third-order valence-corrected chi connectivity index (χ3v) is 5.58. The molecule has 0 atom stereocenters. The molecule has 0 aliphatic carbocycles. The summed E-state index contributed by atoms with van der Waals surface area (Å²) in [6.45, 7) is 2.03. The fraction of sp³-hybridized carbons (Fsp3) is 0.158. The van der Waals surface area contributed by atoms with Crippen molar-refractivity contribution in [3.63, 3.8) is 0 Å². The molecule has 2 amide bonds. The van der Waals surface area contributed by atoms with Crippen LogP contribution in [0.2, 0.25) is 10.0 Å². The molecule has 1 aromatic carbocycles. The zero-order chi connectivity index (χ0) is 20.1. The Labute approximate surface area is 176 Å². The van der Waals surface area contributed by atoms with Gasteiger partial charge >= 0.3 is 6.09 Å². The Morgan fingerprint density at radius 1 is 1.18 bits per heavy atom. The Hall–Kier alpha value is -2.48. The number of carbonyl (C=O) groups is 2. The van der Waals surface area contributed by atoms with Crippen LogP contribution >= 0.6 is 34.5 Å². The van der Waals surface area contributed by atoms with Crippen molar-refractivity contribution in [2.24, 2.45) is 0 Å². The summed E-state index contributed by atoms with van der Waals surface area (Å²) in [5, 5.41) is 2.94. The third kappa shape index (κ3) is 4.86. The van der Waals surface area contributed by atoms with Gasteiger partial charge in [-0.2, -0.15) is 0 Å². The van der Waals surface area contributed by atoms with Crippen molar-refractivity contribution >= 4 is 46.5 Å². The molecule has 0 radical (unpaired) electrons. The molecule has 0 bridgehead atoms. The van der Waals surface area contributed by atoms with Crippen molar-refractivity contribution < 1.29 is 14.3 Å². The van der Waals surface area contributed by atoms with E-state index in [2.05, 4.69) is 10.9 Å². The summed E-state index contributed by atoms with van der Waals surface area (Å²) in [6, 6.07) is 8.87. The molecule has 0 aliphatic heterocycles. The number of benzene rings is 1. The third-order valence-electron chi connectivity index (χ3n) is 3.91. The molecule has 2 N–H and O–H groups in total. The molecule has 0 fully saturated rings. The van der Waals surface area contributed by atoms with Gasteiger partial charge in [-0.1, -0.05) is 29.3 Å². The Kier molecular flexibility index (Phi) is 6.61. The number of aromatic nitrogens is 1. The molecule has 0 unspecified atom stereocenters. The minimum atomic E-state index is -0.755. The Morgan fingerprint density at radius 3 is 2.64 bits per heavy atom. The predicted octanol–water partition coefficient (Wildman–Crippen LogP) is 4.77. The van der Waals surface area contributed by atoms with Crippen LogP contribution in [0.15, 0.2) is 48.1 Å². The first-order valence-corrected chi connectivity index (χ1v) is 9.97. The highest BCUT2D eigenvalue weighted by molar-refractivity contribution is 7.12. The van der Waals surface area contributed by atoms with Crippen LogP contribution < -0.4 is 10.9 Å². The molecule has 146 valence electrons. The van der Waals surface area contributed by atoms with E-state index in [9.17, 15) is 9.59 Å². The monoisotopic (exact) mass is 437 g/mol. The van der Waals surface area contributed by atoms with Gasteiger partial charge in [0, 0.05) is 28.9 Å². The van der Waals surface area contributed by atoms with Crippen LogP contribution in [-0.2, 0) is 11.2 Å². The standard InChI is InChI=1S/C19H17Cl2N3O3S/c1-12-11-28-17(16(12)24-7-2-3-8-24)18(25)22-23-19(26)27-9-6-13-4-5-14(20)10-15(13)21/h2-5,7-8,10-11H,6,9H2,1H3,(H,22,25)(H,23,26). The molecule has 3 aromatic rings. The zero-order valence-corrected chi connectivity index (χ0v) is 17.2. The van der Waals surface area contributed by atoms with E-state index < -0.39 is 12.0 Å². The van der Waals surface area contributed by atoms with Crippen molar-refractivity contribution in [3.8, 4) is 5.69 Å². The lowest BCUT2D eigenvalue weighted by Gasteiger charge is -2.10. The fourth-order valence-corrected chi connectivity index (χ4v) is 4.03. The number of aryl methyl sites for hydroxylation is 1. The highest BCUT2D eigenvalue weighted by Crippen LogP contribution is 2.26. The average Bonchev–Trinajstić information content (AvgIpc) is 3.30. The first-order valence-electron chi connectivity index (χ1n) is 8.34. The molecular formula is C19H17Cl2N3O3S. The number of hydrogen-bond acceptors (Lipinski definition) is 4. The van der Waals surface area contributed by atoms with E-state index in [1.165, 1.54) is 11.3 Å². The molecule has 2 heterocycles. The van der Waals surface area contributed by atoms with Crippen LogP contribution in [0, 0.1) is 6.92 Å². The van der Waals surface area contributed by atoms with Gasteiger partial charge < -0.3 is 9.30 Å². The maximum absolute atomic E-state index is 12.4. The van der Waals surface area contributed by atoms with E-state index in [1.54, 1.807) is 18.2 Å². The van der Waals surface area contributed by atoms with Crippen molar-refractivity contribution in [1.82, 2.24) is 15.4 Å². The van der Waals surface area contributed by atoms with Crippen LogP contribution in [0.3, 0.4) is 0 Å². The predicted molar refractivity (Wildman–Crippen MR) is 110 cm³/mol. The number of ether oxygens (including phenoxy) is 1. The molecule has 3 rings (SSSR count). The van der Waals surface area contributed by atoms with Gasteiger partial charge in [0.15, 0.2) is 0 Å². The second kappa shape index (κ2) is 9.14. The molecule has 9 heteroatoms. The Balaban J connectivity index is 1.50. The minimum absolute atomic E-state index is 0.107. The SMILES string of the molecule is Cc1csc(C(=O)NNC(=O)OCCc2ccc(Cl)cc2Cl)c1-n1cccc1. The first kappa shape index (κ1) is 20.3. The Bertz CT molecular complexity index is 986. The number of halogens is 2. The van der Waals surface area contributed by atoms with E-state index in [-0.39, 0.29) is 6.61 Å². The number of hydrogen-bond donors (Lipinski definition) is 2. The van der Waals surface area contributed by atoms with Crippen LogP contribution in [0.4, 0.5) is 4.79 Å². The number of nitrogens with zero attached hydrogens (tertiary/aromatic N) is 1. The van der Waals surface area contributed by atoms with Gasteiger partial charge in [0.25, 0.3) is 5.91 Å². The zero-order valence-electron chi connectivity index (χ0n) is 14.9. The second-order valence-electron chi connectivity index (χ2n) is 5.89. The van der Waals surface area contributed by atoms with Crippen LogP contribution in [-0.4, -0.2) is 23.2 Å². The largest absolute Gasteiger partial charge is 0.448 e. The number of thiophene rings is 1. The van der Waals surface area contributed by atoms with Crippen LogP contribution in [0.5, 0.6) is 0 Å². The topological polar surface area (TPSA) is 72.4 Å². The van der Waals surface area contributed by atoms with Crippen molar-refractivity contribution in [1.29, 1.82) is 0 Å². The summed E-state index contributed by atoms with van der Waals surface area (Å²) in [4.78, 5) is 24.7. The van der Waals surface area contributed by atoms with Gasteiger partial charge in [0.05, 0.1) is 12.3 Å². The fourth-order valence-electron chi connectivity index (χ4n) is 2.58. The van der Waals surface area contributed by atoms with Crippen molar-refractivity contribution in [2.45, 2.75) is 13.3 Å². The second-order valence-corrected chi connectivity index (χ2v) is 7.61. The van der Waals surface area contributed by atoms with Gasteiger partial charge in [0.1, 0.15) is 4.88 Å². The van der Waals surface area contributed by atoms with E-state index in [4.69, 9.17) is 27.9 Å². The molecule has 2 aromatic heterocycles. The van der Waals surface area contributed by atoms with Gasteiger partial charge in [-0.05, 0) is 47.7 Å². The van der Waals surface area contributed by atoms with Gasteiger partial charge in [-0.3, -0.25) is 10.2 Å². The quantitative estimate of drug-likeness (QED) is 0.564. The summed E-state index contributed by atoms with van der Waals surface area (Å²) in [5.74, 6) is -0.417. The molecule has 28 heavy (non-hydrogen) atoms. The summed E-state index contributed by atoms with van der Waals surface area (Å²) in [6.07, 6.45) is 3.39. The van der Waals surface area contributed by atoms with Crippen molar-refractivity contribution in [3.05, 3.63) is 74.2 Å². The molecule has 0 saturated carbocycles. The number of nitrogens with one attached hydrogen (secondary N) is 2. The van der Waals surface area contributed by atoms with Gasteiger partial charge in [-0.15, -0.1) is 11.3 Å². The maximum Gasteiger partial charge on any atom is 0.426 e. The average molecular weight is 438 g/mol. The van der Waals surface area contributed by atoms with E-state index in [0.717, 1.165) is 16.8 Å². The molecular weight excluding hydrogens is 421 g/mol. The summed E-state index contributed by atoms with van der Waals surface area (Å²) >= 11 is 13.2. The summed E-state index contributed by atoms with van der Waals surface area (Å²) in [7, 11) is 0. The van der Waals surface area contributed by atoms with Crippen LogP contribution in [0.1, 0.15) is 20.8 Å². The molecule has 6 nitrogen and oxygen atoms in total. The van der Waals surface area contributed by atoms with E-state index >= 15 is 0 Å². The smallest absolute Gasteiger partial charge is 0.426 e. The van der Waals surface area contributed by atoms with Gasteiger partial charge in [-0.25, -0.2) is 10.2 Å². The maximum atomic E-state index is 12.4. The van der Waals surface area contributed by atoms with E-state index in [1.807, 2.05) is 41.4 Å². The number of carbonyl (C=O) groups excluding carboxylic acids is 2.